The zero-order chi connectivity index (χ0) is 14.4. The molecule has 1 aliphatic rings. The summed E-state index contributed by atoms with van der Waals surface area (Å²) in [5, 5.41) is 6.85. The predicted molar refractivity (Wildman–Crippen MR) is 80.3 cm³/mol. The first-order valence-electron chi connectivity index (χ1n) is 6.70. The van der Waals surface area contributed by atoms with Crippen LogP contribution >= 0.6 is 11.6 Å². The maximum Gasteiger partial charge on any atom is 0.239 e. The average molecular weight is 298 g/mol. The van der Waals surface area contributed by atoms with Gasteiger partial charge in [0.1, 0.15) is 0 Å². The Labute approximate surface area is 124 Å². The molecule has 2 rings (SSSR count). The Hall–Kier alpha value is -1.30. The number of ether oxygens (including phenoxy) is 1. The molecule has 5 nitrogen and oxygen atoms in total. The zero-order valence-corrected chi connectivity index (χ0v) is 12.4. The number of anilines is 1. The van der Waals surface area contributed by atoms with Gasteiger partial charge in [-0.3, -0.25) is 4.79 Å². The number of carbonyl (C=O) groups is 1. The first-order chi connectivity index (χ1) is 9.70. The number of amides is 1. The first-order valence-corrected chi connectivity index (χ1v) is 7.08. The SMILES string of the molecule is COCCNCc1cc(Cl)ccc1N1CCNC(=O)C1. The molecule has 0 aromatic heterocycles. The van der Waals surface area contributed by atoms with Crippen molar-refractivity contribution in [3.63, 3.8) is 0 Å². The van der Waals surface area contributed by atoms with Crippen molar-refractivity contribution in [3.05, 3.63) is 28.8 Å². The topological polar surface area (TPSA) is 53.6 Å². The molecule has 6 heteroatoms. The maximum absolute atomic E-state index is 11.5. The van der Waals surface area contributed by atoms with Gasteiger partial charge in [0.2, 0.25) is 5.91 Å². The minimum atomic E-state index is 0.0597. The van der Waals surface area contributed by atoms with E-state index in [1.807, 2.05) is 18.2 Å². The van der Waals surface area contributed by atoms with Crippen molar-refractivity contribution in [1.82, 2.24) is 10.6 Å². The molecule has 0 atom stereocenters. The third-order valence-electron chi connectivity index (χ3n) is 3.22. The molecule has 0 spiro atoms. The van der Waals surface area contributed by atoms with Crippen LogP contribution in [-0.2, 0) is 16.1 Å². The Morgan fingerprint density at radius 3 is 3.10 bits per heavy atom. The maximum atomic E-state index is 11.5. The van der Waals surface area contributed by atoms with Crippen LogP contribution in [0, 0.1) is 0 Å². The van der Waals surface area contributed by atoms with Gasteiger partial charge in [0.05, 0.1) is 13.2 Å². The molecule has 1 heterocycles. The Morgan fingerprint density at radius 1 is 1.50 bits per heavy atom. The summed E-state index contributed by atoms with van der Waals surface area (Å²) >= 11 is 6.07. The summed E-state index contributed by atoms with van der Waals surface area (Å²) < 4.78 is 5.01. The number of nitrogens with one attached hydrogen (secondary N) is 2. The normalized spacial score (nSPS) is 15.3. The van der Waals surface area contributed by atoms with Gasteiger partial charge < -0.3 is 20.3 Å². The molecule has 2 N–H and O–H groups in total. The minimum Gasteiger partial charge on any atom is -0.383 e. The number of hydrogen-bond donors (Lipinski definition) is 2. The fourth-order valence-corrected chi connectivity index (χ4v) is 2.44. The second-order valence-electron chi connectivity index (χ2n) is 4.71. The molecule has 0 aliphatic carbocycles. The van der Waals surface area contributed by atoms with Crippen LogP contribution in [0.1, 0.15) is 5.56 Å². The fourth-order valence-electron chi connectivity index (χ4n) is 2.25. The van der Waals surface area contributed by atoms with Crippen LogP contribution in [-0.4, -0.2) is 45.8 Å². The lowest BCUT2D eigenvalue weighted by Gasteiger charge is -2.30. The van der Waals surface area contributed by atoms with Crippen LogP contribution < -0.4 is 15.5 Å². The van der Waals surface area contributed by atoms with E-state index in [-0.39, 0.29) is 5.91 Å². The summed E-state index contributed by atoms with van der Waals surface area (Å²) in [7, 11) is 1.68. The van der Waals surface area contributed by atoms with Gasteiger partial charge in [0.25, 0.3) is 0 Å². The van der Waals surface area contributed by atoms with Crippen molar-refractivity contribution in [1.29, 1.82) is 0 Å². The number of carbonyl (C=O) groups excluding carboxylic acids is 1. The molecule has 1 aromatic rings. The monoisotopic (exact) mass is 297 g/mol. The van der Waals surface area contributed by atoms with E-state index in [9.17, 15) is 4.79 Å². The van der Waals surface area contributed by atoms with Gasteiger partial charge in [0.15, 0.2) is 0 Å². The van der Waals surface area contributed by atoms with E-state index in [2.05, 4.69) is 15.5 Å². The Kier molecular flexibility index (Phi) is 5.64. The number of piperazine rings is 1. The van der Waals surface area contributed by atoms with E-state index in [1.54, 1.807) is 7.11 Å². The van der Waals surface area contributed by atoms with Crippen molar-refractivity contribution in [2.24, 2.45) is 0 Å². The lowest BCUT2D eigenvalue weighted by Crippen LogP contribution is -2.48. The Bertz CT molecular complexity index is 468. The second-order valence-corrected chi connectivity index (χ2v) is 5.15. The summed E-state index contributed by atoms with van der Waals surface area (Å²) in [5.41, 5.74) is 2.16. The van der Waals surface area contributed by atoms with Crippen molar-refractivity contribution in [3.8, 4) is 0 Å². The molecule has 1 aromatic carbocycles. The van der Waals surface area contributed by atoms with Crippen molar-refractivity contribution in [2.75, 3.05) is 44.8 Å². The average Bonchev–Trinajstić information content (AvgIpc) is 2.44. The molecular weight excluding hydrogens is 278 g/mol. The number of methoxy groups -OCH3 is 1. The smallest absolute Gasteiger partial charge is 0.239 e. The molecule has 0 unspecified atom stereocenters. The second kappa shape index (κ2) is 7.47. The fraction of sp³-hybridized carbons (Fsp3) is 0.500. The molecule has 0 radical (unpaired) electrons. The van der Waals surface area contributed by atoms with Crippen LogP contribution in [0.5, 0.6) is 0 Å². The van der Waals surface area contributed by atoms with Crippen molar-refractivity contribution in [2.45, 2.75) is 6.54 Å². The quantitative estimate of drug-likeness (QED) is 0.770. The molecule has 1 saturated heterocycles. The van der Waals surface area contributed by atoms with E-state index in [1.165, 1.54) is 0 Å². The molecule has 0 saturated carbocycles. The Balaban J connectivity index is 2.08. The van der Waals surface area contributed by atoms with Gasteiger partial charge in [-0.1, -0.05) is 11.6 Å². The molecule has 1 amide bonds. The van der Waals surface area contributed by atoms with Crippen LogP contribution in [0.25, 0.3) is 0 Å². The van der Waals surface area contributed by atoms with E-state index in [4.69, 9.17) is 16.3 Å². The summed E-state index contributed by atoms with van der Waals surface area (Å²) in [6.45, 7) is 4.05. The number of halogens is 1. The zero-order valence-electron chi connectivity index (χ0n) is 11.6. The third kappa shape index (κ3) is 4.10. The van der Waals surface area contributed by atoms with Crippen LogP contribution in [0.15, 0.2) is 18.2 Å². The summed E-state index contributed by atoms with van der Waals surface area (Å²) in [4.78, 5) is 13.6. The first kappa shape index (κ1) is 15.1. The summed E-state index contributed by atoms with van der Waals surface area (Å²) in [6, 6.07) is 5.79. The molecular formula is C14H20ClN3O2. The predicted octanol–water partition coefficient (Wildman–Crippen LogP) is 1.01. The Morgan fingerprint density at radius 2 is 2.35 bits per heavy atom. The highest BCUT2D eigenvalue weighted by Gasteiger charge is 2.18. The van der Waals surface area contributed by atoms with Gasteiger partial charge in [-0.2, -0.15) is 0 Å². The van der Waals surface area contributed by atoms with Crippen LogP contribution in [0.2, 0.25) is 5.02 Å². The minimum absolute atomic E-state index is 0.0597. The molecule has 110 valence electrons. The molecule has 0 bridgehead atoms. The van der Waals surface area contributed by atoms with Crippen LogP contribution in [0.3, 0.4) is 0 Å². The number of rotatable bonds is 6. The summed E-state index contributed by atoms with van der Waals surface area (Å²) in [5.74, 6) is 0.0597. The van der Waals surface area contributed by atoms with E-state index in [0.717, 1.165) is 24.3 Å². The summed E-state index contributed by atoms with van der Waals surface area (Å²) in [6.07, 6.45) is 0. The van der Waals surface area contributed by atoms with E-state index in [0.29, 0.717) is 31.3 Å². The highest BCUT2D eigenvalue weighted by Crippen LogP contribution is 2.24. The highest BCUT2D eigenvalue weighted by atomic mass is 35.5. The molecule has 1 aliphatic heterocycles. The number of hydrogen-bond acceptors (Lipinski definition) is 4. The number of benzene rings is 1. The molecule has 1 fully saturated rings. The van der Waals surface area contributed by atoms with Gasteiger partial charge in [-0.05, 0) is 23.8 Å². The van der Waals surface area contributed by atoms with Gasteiger partial charge >= 0.3 is 0 Å². The lowest BCUT2D eigenvalue weighted by molar-refractivity contribution is -0.120. The van der Waals surface area contributed by atoms with Crippen LogP contribution in [0.4, 0.5) is 5.69 Å². The van der Waals surface area contributed by atoms with Gasteiger partial charge in [0, 0.05) is 44.0 Å². The van der Waals surface area contributed by atoms with E-state index >= 15 is 0 Å². The third-order valence-corrected chi connectivity index (χ3v) is 3.45. The standard InChI is InChI=1S/C14H20ClN3O2/c1-20-7-5-16-9-11-8-12(15)2-3-13(11)18-6-4-17-14(19)10-18/h2-3,8,16H,4-7,9-10H2,1H3,(H,17,19). The lowest BCUT2D eigenvalue weighted by atomic mass is 10.1. The highest BCUT2D eigenvalue weighted by molar-refractivity contribution is 6.30. The van der Waals surface area contributed by atoms with Crippen molar-refractivity contribution >= 4 is 23.2 Å². The number of nitrogens with zero attached hydrogens (tertiary/aromatic N) is 1. The van der Waals surface area contributed by atoms with Crippen molar-refractivity contribution < 1.29 is 9.53 Å². The van der Waals surface area contributed by atoms with Gasteiger partial charge in [-0.25, -0.2) is 0 Å². The van der Waals surface area contributed by atoms with Gasteiger partial charge in [-0.15, -0.1) is 0 Å². The van der Waals surface area contributed by atoms with E-state index < -0.39 is 0 Å². The largest absolute Gasteiger partial charge is 0.383 e. The molecule has 20 heavy (non-hydrogen) atoms.